The van der Waals surface area contributed by atoms with Gasteiger partial charge in [0.2, 0.25) is 0 Å². The first kappa shape index (κ1) is 19.5. The molecule has 0 aliphatic carbocycles. The van der Waals surface area contributed by atoms with E-state index in [1.807, 2.05) is 39.0 Å². The Hall–Kier alpha value is -1.85. The van der Waals surface area contributed by atoms with Gasteiger partial charge in [-0.25, -0.2) is 4.79 Å². The average molecular weight is 346 g/mol. The summed E-state index contributed by atoms with van der Waals surface area (Å²) < 4.78 is 10.8. The van der Waals surface area contributed by atoms with Gasteiger partial charge in [-0.15, -0.1) is 0 Å². The molecule has 2 rings (SSSR count). The summed E-state index contributed by atoms with van der Waals surface area (Å²) in [7, 11) is 0. The molecule has 1 aromatic rings. The molecule has 0 aromatic heterocycles. The Kier molecular flexibility index (Phi) is 6.25. The van der Waals surface area contributed by atoms with Crippen LogP contribution in [0.3, 0.4) is 0 Å². The maximum Gasteiger partial charge on any atom is 0.315 e. The van der Waals surface area contributed by atoms with E-state index in [0.717, 1.165) is 29.9 Å². The molecule has 0 atom stereocenters. The molecule has 0 saturated carbocycles. The highest BCUT2D eigenvalue weighted by molar-refractivity contribution is 5.75. The van der Waals surface area contributed by atoms with E-state index in [9.17, 15) is 4.79 Å². The maximum absolute atomic E-state index is 12.2. The molecule has 1 fully saturated rings. The van der Waals surface area contributed by atoms with E-state index in [-0.39, 0.29) is 11.4 Å². The number of allylic oxidation sites excluding steroid dienone is 1. The van der Waals surface area contributed by atoms with E-state index in [0.29, 0.717) is 19.8 Å². The molecular weight excluding hydrogens is 316 g/mol. The van der Waals surface area contributed by atoms with Crippen LogP contribution < -0.4 is 10.6 Å². The summed E-state index contributed by atoms with van der Waals surface area (Å²) in [6.07, 6.45) is 0. The lowest BCUT2D eigenvalue weighted by atomic mass is 9.90. The molecule has 2 amide bonds. The first-order chi connectivity index (χ1) is 11.7. The zero-order chi connectivity index (χ0) is 18.5. The molecule has 1 aliphatic rings. The van der Waals surface area contributed by atoms with Crippen LogP contribution in [0.2, 0.25) is 0 Å². The Morgan fingerprint density at radius 1 is 1.40 bits per heavy atom. The predicted molar refractivity (Wildman–Crippen MR) is 100 cm³/mol. The van der Waals surface area contributed by atoms with Gasteiger partial charge in [0.05, 0.1) is 32.0 Å². The molecule has 0 unspecified atom stereocenters. The number of carbonyl (C=O) groups excluding carboxylic acids is 1. The van der Waals surface area contributed by atoms with Gasteiger partial charge in [-0.05, 0) is 38.0 Å². The number of hydrogen-bond acceptors (Lipinski definition) is 3. The van der Waals surface area contributed by atoms with Crippen LogP contribution in [-0.2, 0) is 15.0 Å². The van der Waals surface area contributed by atoms with E-state index in [1.165, 1.54) is 0 Å². The van der Waals surface area contributed by atoms with Crippen LogP contribution in [0.4, 0.5) is 4.79 Å². The second-order valence-electron chi connectivity index (χ2n) is 7.72. The van der Waals surface area contributed by atoms with Gasteiger partial charge in [0, 0.05) is 12.0 Å². The van der Waals surface area contributed by atoms with Gasteiger partial charge >= 0.3 is 6.03 Å². The zero-order valence-corrected chi connectivity index (χ0v) is 15.8. The molecule has 2 N–H and O–H groups in total. The van der Waals surface area contributed by atoms with Gasteiger partial charge in [0.25, 0.3) is 0 Å². The number of urea groups is 1. The second-order valence-corrected chi connectivity index (χ2v) is 7.72. The molecule has 0 radical (unpaired) electrons. The topological polar surface area (TPSA) is 59.6 Å². The van der Waals surface area contributed by atoms with E-state index >= 15 is 0 Å². The zero-order valence-electron chi connectivity index (χ0n) is 15.8. The van der Waals surface area contributed by atoms with Crippen molar-refractivity contribution in [3.05, 3.63) is 42.0 Å². The minimum atomic E-state index is -0.479. The highest BCUT2D eigenvalue weighted by Gasteiger charge is 2.33. The summed E-state index contributed by atoms with van der Waals surface area (Å²) in [5.74, 6) is 0. The minimum absolute atomic E-state index is 0.137. The normalized spacial score (nSPS) is 16.0. The summed E-state index contributed by atoms with van der Waals surface area (Å²) in [6.45, 7) is 15.2. The Balaban J connectivity index is 1.76. The molecule has 1 aromatic carbocycles. The van der Waals surface area contributed by atoms with Crippen molar-refractivity contribution in [1.29, 1.82) is 0 Å². The van der Waals surface area contributed by atoms with Crippen LogP contribution in [0.25, 0.3) is 5.57 Å². The number of carbonyl (C=O) groups is 1. The molecule has 5 heteroatoms. The average Bonchev–Trinajstić information content (AvgIpc) is 2.52. The van der Waals surface area contributed by atoms with Crippen LogP contribution in [-0.4, -0.2) is 39.0 Å². The fourth-order valence-corrected chi connectivity index (χ4v) is 2.66. The van der Waals surface area contributed by atoms with E-state index in [4.69, 9.17) is 9.47 Å². The van der Waals surface area contributed by atoms with Gasteiger partial charge < -0.3 is 20.1 Å². The number of nitrogens with one attached hydrogen (secondary N) is 2. The lowest BCUT2D eigenvalue weighted by Gasteiger charge is -2.37. The first-order valence-corrected chi connectivity index (χ1v) is 8.70. The summed E-state index contributed by atoms with van der Waals surface area (Å²) >= 11 is 0. The first-order valence-electron chi connectivity index (χ1n) is 8.70. The summed E-state index contributed by atoms with van der Waals surface area (Å²) in [5.41, 5.74) is 2.78. The molecule has 5 nitrogen and oxygen atoms in total. The van der Waals surface area contributed by atoms with Gasteiger partial charge in [0.1, 0.15) is 0 Å². The van der Waals surface area contributed by atoms with Crippen molar-refractivity contribution in [1.82, 2.24) is 10.6 Å². The van der Waals surface area contributed by atoms with Crippen molar-refractivity contribution in [3.63, 3.8) is 0 Å². The highest BCUT2D eigenvalue weighted by atomic mass is 16.5. The van der Waals surface area contributed by atoms with Crippen molar-refractivity contribution in [2.75, 3.05) is 33.0 Å². The van der Waals surface area contributed by atoms with Crippen molar-refractivity contribution >= 4 is 11.6 Å². The van der Waals surface area contributed by atoms with Gasteiger partial charge in [-0.3, -0.25) is 0 Å². The lowest BCUT2D eigenvalue weighted by molar-refractivity contribution is -0.137. The molecule has 1 aliphatic heterocycles. The molecule has 0 bridgehead atoms. The van der Waals surface area contributed by atoms with E-state index in [1.54, 1.807) is 0 Å². The molecular formula is C20H30N2O3. The Labute approximate surface area is 150 Å². The van der Waals surface area contributed by atoms with Gasteiger partial charge in [-0.1, -0.05) is 37.3 Å². The van der Waals surface area contributed by atoms with Crippen molar-refractivity contribution < 1.29 is 14.3 Å². The fraction of sp³-hybridized carbons (Fsp3) is 0.550. The third kappa shape index (κ3) is 5.58. The second kappa shape index (κ2) is 8.02. The number of rotatable bonds is 8. The largest absolute Gasteiger partial charge is 0.380 e. The monoisotopic (exact) mass is 346 g/mol. The van der Waals surface area contributed by atoms with Crippen LogP contribution in [0, 0.1) is 5.41 Å². The molecule has 1 heterocycles. The molecule has 25 heavy (non-hydrogen) atoms. The number of hydrogen-bond donors (Lipinski definition) is 2. The van der Waals surface area contributed by atoms with Gasteiger partial charge in [0.15, 0.2) is 0 Å². The molecule has 0 spiro atoms. The van der Waals surface area contributed by atoms with Crippen LogP contribution in [0.5, 0.6) is 0 Å². The van der Waals surface area contributed by atoms with Crippen LogP contribution in [0.15, 0.2) is 30.8 Å². The fourth-order valence-electron chi connectivity index (χ4n) is 2.66. The Morgan fingerprint density at radius 2 is 2.12 bits per heavy atom. The Morgan fingerprint density at radius 3 is 2.72 bits per heavy atom. The third-order valence-corrected chi connectivity index (χ3v) is 4.39. The lowest BCUT2D eigenvalue weighted by Crippen LogP contribution is -2.47. The minimum Gasteiger partial charge on any atom is -0.380 e. The summed E-state index contributed by atoms with van der Waals surface area (Å²) in [6, 6.07) is 7.88. The highest BCUT2D eigenvalue weighted by Crippen LogP contribution is 2.26. The number of ether oxygens (including phenoxy) is 2. The van der Waals surface area contributed by atoms with Crippen LogP contribution >= 0.6 is 0 Å². The van der Waals surface area contributed by atoms with Crippen molar-refractivity contribution in [3.8, 4) is 0 Å². The predicted octanol–water partition coefficient (Wildman–Crippen LogP) is 3.31. The van der Waals surface area contributed by atoms with E-state index < -0.39 is 5.54 Å². The third-order valence-electron chi connectivity index (χ3n) is 4.39. The van der Waals surface area contributed by atoms with E-state index in [2.05, 4.69) is 30.2 Å². The number of benzene rings is 1. The quantitative estimate of drug-likeness (QED) is 0.710. The number of amides is 2. The van der Waals surface area contributed by atoms with Crippen molar-refractivity contribution in [2.24, 2.45) is 5.41 Å². The molecule has 1 saturated heterocycles. The standard InChI is InChI=1S/C20H30N2O3/c1-15(2)16-7-6-8-17(11-16)19(3,4)22-18(23)21-9-10-24-12-20(5)13-25-14-20/h6-8,11H,1,9-10,12-14H2,2-5H3,(H2,21,22,23). The smallest absolute Gasteiger partial charge is 0.315 e. The Bertz CT molecular complexity index is 621. The SMILES string of the molecule is C=C(C)c1cccc(C(C)(C)NC(=O)NCCOCC2(C)COC2)c1. The summed E-state index contributed by atoms with van der Waals surface area (Å²) in [5, 5.41) is 5.86. The van der Waals surface area contributed by atoms with Crippen molar-refractivity contribution in [2.45, 2.75) is 33.2 Å². The molecule has 138 valence electrons. The van der Waals surface area contributed by atoms with Gasteiger partial charge in [-0.2, -0.15) is 0 Å². The maximum atomic E-state index is 12.2. The van der Waals surface area contributed by atoms with Crippen LogP contribution in [0.1, 0.15) is 38.8 Å². The summed E-state index contributed by atoms with van der Waals surface area (Å²) in [4.78, 5) is 12.2.